The average molecular weight is 285 g/mol. The van der Waals surface area contributed by atoms with Gasteiger partial charge < -0.3 is 14.7 Å². The highest BCUT2D eigenvalue weighted by atomic mass is 16.5. The Bertz CT molecular complexity index is 596. The summed E-state index contributed by atoms with van der Waals surface area (Å²) < 4.78 is 5.50. The van der Waals surface area contributed by atoms with E-state index >= 15 is 0 Å². The molecule has 0 heterocycles. The fourth-order valence-electron chi connectivity index (χ4n) is 1.90. The molecule has 1 atom stereocenters. The Hall–Kier alpha value is -2.33. The maximum Gasteiger partial charge on any atom is 0.264 e. The van der Waals surface area contributed by atoms with Gasteiger partial charge in [0.05, 0.1) is 6.10 Å². The lowest BCUT2D eigenvalue weighted by atomic mass is 10.1. The Labute approximate surface area is 124 Å². The number of ether oxygens (including phenoxy) is 1. The number of hydrogen-bond acceptors (Lipinski definition) is 3. The zero-order chi connectivity index (χ0) is 15.2. The van der Waals surface area contributed by atoms with Crippen molar-refractivity contribution in [1.29, 1.82) is 0 Å². The molecule has 110 valence electrons. The van der Waals surface area contributed by atoms with Crippen molar-refractivity contribution >= 4 is 11.6 Å². The van der Waals surface area contributed by atoms with Crippen LogP contribution in [0.3, 0.4) is 0 Å². The Kier molecular flexibility index (Phi) is 4.95. The van der Waals surface area contributed by atoms with Gasteiger partial charge >= 0.3 is 0 Å². The predicted octanol–water partition coefficient (Wildman–Crippen LogP) is 2.78. The lowest BCUT2D eigenvalue weighted by Gasteiger charge is -2.17. The number of likely N-dealkylation sites (N-methyl/N-ethyl adjacent to an activating group) is 1. The minimum Gasteiger partial charge on any atom is -0.484 e. The summed E-state index contributed by atoms with van der Waals surface area (Å²) in [6.07, 6.45) is -0.559. The number of amides is 1. The van der Waals surface area contributed by atoms with E-state index in [1.807, 2.05) is 36.4 Å². The molecule has 0 aromatic heterocycles. The third-order valence-corrected chi connectivity index (χ3v) is 3.22. The minimum absolute atomic E-state index is 0.0470. The third-order valence-electron chi connectivity index (χ3n) is 3.22. The highest BCUT2D eigenvalue weighted by molar-refractivity contribution is 5.93. The first-order chi connectivity index (χ1) is 10.1. The molecule has 0 spiro atoms. The molecule has 4 nitrogen and oxygen atoms in total. The van der Waals surface area contributed by atoms with E-state index in [4.69, 9.17) is 4.74 Å². The summed E-state index contributed by atoms with van der Waals surface area (Å²) in [5, 5.41) is 9.53. The molecular formula is C17H19NO3. The van der Waals surface area contributed by atoms with Gasteiger partial charge in [-0.25, -0.2) is 0 Å². The van der Waals surface area contributed by atoms with Gasteiger partial charge in [0.25, 0.3) is 5.91 Å². The number of carbonyl (C=O) groups excluding carboxylic acids is 1. The van der Waals surface area contributed by atoms with Gasteiger partial charge in [-0.2, -0.15) is 0 Å². The van der Waals surface area contributed by atoms with E-state index < -0.39 is 6.10 Å². The fraction of sp³-hybridized carbons (Fsp3) is 0.235. The number of anilines is 1. The summed E-state index contributed by atoms with van der Waals surface area (Å²) in [5.41, 5.74) is 1.58. The van der Waals surface area contributed by atoms with Crippen molar-refractivity contribution in [3.8, 4) is 5.75 Å². The highest BCUT2D eigenvalue weighted by Crippen LogP contribution is 2.19. The summed E-state index contributed by atoms with van der Waals surface area (Å²) in [5.74, 6) is 0.437. The molecule has 0 saturated carbocycles. The molecule has 0 aliphatic heterocycles. The quantitative estimate of drug-likeness (QED) is 0.919. The molecule has 0 aliphatic rings. The van der Waals surface area contributed by atoms with E-state index in [1.165, 1.54) is 0 Å². The van der Waals surface area contributed by atoms with E-state index in [-0.39, 0.29) is 12.5 Å². The van der Waals surface area contributed by atoms with Crippen LogP contribution in [0.4, 0.5) is 5.69 Å². The van der Waals surface area contributed by atoms with Gasteiger partial charge in [0.15, 0.2) is 6.61 Å². The molecule has 1 N–H and O–H groups in total. The van der Waals surface area contributed by atoms with Gasteiger partial charge in [-0.3, -0.25) is 4.79 Å². The minimum atomic E-state index is -0.559. The number of aliphatic hydroxyl groups excluding tert-OH is 1. The average Bonchev–Trinajstić information content (AvgIpc) is 2.53. The fourth-order valence-corrected chi connectivity index (χ4v) is 1.90. The molecule has 2 rings (SSSR count). The monoisotopic (exact) mass is 285 g/mol. The van der Waals surface area contributed by atoms with E-state index in [2.05, 4.69) is 0 Å². The van der Waals surface area contributed by atoms with Crippen LogP contribution in [0.5, 0.6) is 5.75 Å². The zero-order valence-corrected chi connectivity index (χ0v) is 12.2. The van der Waals surface area contributed by atoms with E-state index in [0.29, 0.717) is 5.75 Å². The Morgan fingerprint density at radius 2 is 1.90 bits per heavy atom. The normalized spacial score (nSPS) is 11.8. The Balaban J connectivity index is 1.96. The summed E-state index contributed by atoms with van der Waals surface area (Å²) in [4.78, 5) is 13.6. The molecule has 1 amide bonds. The van der Waals surface area contributed by atoms with Crippen LogP contribution in [0.1, 0.15) is 18.6 Å². The Morgan fingerprint density at radius 1 is 1.19 bits per heavy atom. The van der Waals surface area contributed by atoms with Crippen molar-refractivity contribution in [2.45, 2.75) is 13.0 Å². The molecule has 1 unspecified atom stereocenters. The number of hydrogen-bond donors (Lipinski definition) is 1. The molecule has 0 radical (unpaired) electrons. The maximum absolute atomic E-state index is 12.1. The van der Waals surface area contributed by atoms with Crippen molar-refractivity contribution in [2.75, 3.05) is 18.6 Å². The Morgan fingerprint density at radius 3 is 2.57 bits per heavy atom. The molecule has 0 aliphatic carbocycles. The van der Waals surface area contributed by atoms with Crippen LogP contribution < -0.4 is 9.64 Å². The molecule has 2 aromatic rings. The number of benzene rings is 2. The summed E-state index contributed by atoms with van der Waals surface area (Å²) in [7, 11) is 1.72. The van der Waals surface area contributed by atoms with Crippen molar-refractivity contribution < 1.29 is 14.6 Å². The van der Waals surface area contributed by atoms with Gasteiger partial charge in [-0.1, -0.05) is 30.3 Å². The number of rotatable bonds is 5. The van der Waals surface area contributed by atoms with Crippen molar-refractivity contribution in [3.63, 3.8) is 0 Å². The third kappa shape index (κ3) is 4.07. The largest absolute Gasteiger partial charge is 0.484 e. The smallest absolute Gasteiger partial charge is 0.264 e. The lowest BCUT2D eigenvalue weighted by molar-refractivity contribution is -0.120. The maximum atomic E-state index is 12.1. The van der Waals surface area contributed by atoms with E-state index in [1.54, 1.807) is 37.1 Å². The van der Waals surface area contributed by atoms with Crippen LogP contribution in [0.15, 0.2) is 54.6 Å². The lowest BCUT2D eigenvalue weighted by Crippen LogP contribution is -2.31. The second-order valence-electron chi connectivity index (χ2n) is 4.83. The predicted molar refractivity (Wildman–Crippen MR) is 82.4 cm³/mol. The van der Waals surface area contributed by atoms with Gasteiger partial charge in [0.1, 0.15) is 5.75 Å². The van der Waals surface area contributed by atoms with E-state index in [9.17, 15) is 9.90 Å². The second-order valence-corrected chi connectivity index (χ2v) is 4.83. The van der Waals surface area contributed by atoms with E-state index in [0.717, 1.165) is 11.3 Å². The molecule has 21 heavy (non-hydrogen) atoms. The molecule has 2 aromatic carbocycles. The topological polar surface area (TPSA) is 49.8 Å². The van der Waals surface area contributed by atoms with Crippen molar-refractivity contribution in [3.05, 3.63) is 60.2 Å². The molecular weight excluding hydrogens is 266 g/mol. The number of para-hydroxylation sites is 1. The number of carbonyl (C=O) groups is 1. The molecule has 0 bridgehead atoms. The standard InChI is InChI=1S/C17H19NO3/c1-13(19)14-7-6-10-16(11-14)21-12-17(20)18(2)15-8-4-3-5-9-15/h3-11,13,19H,12H2,1-2H3. The molecule has 4 heteroatoms. The van der Waals surface area contributed by atoms with Crippen LogP contribution in [-0.2, 0) is 4.79 Å². The summed E-state index contributed by atoms with van der Waals surface area (Å²) >= 11 is 0. The van der Waals surface area contributed by atoms with Gasteiger partial charge in [0.2, 0.25) is 0 Å². The first-order valence-electron chi connectivity index (χ1n) is 6.80. The first-order valence-corrected chi connectivity index (χ1v) is 6.80. The second kappa shape index (κ2) is 6.90. The molecule has 0 fully saturated rings. The summed E-state index contributed by atoms with van der Waals surface area (Å²) in [6, 6.07) is 16.5. The zero-order valence-electron chi connectivity index (χ0n) is 12.2. The van der Waals surface area contributed by atoms with Crippen molar-refractivity contribution in [1.82, 2.24) is 0 Å². The number of aliphatic hydroxyl groups is 1. The van der Waals surface area contributed by atoms with Crippen LogP contribution in [0.2, 0.25) is 0 Å². The van der Waals surface area contributed by atoms with Gasteiger partial charge in [-0.15, -0.1) is 0 Å². The highest BCUT2D eigenvalue weighted by Gasteiger charge is 2.11. The van der Waals surface area contributed by atoms with Crippen LogP contribution in [0.25, 0.3) is 0 Å². The number of nitrogens with zero attached hydrogens (tertiary/aromatic N) is 1. The first kappa shape index (κ1) is 15.1. The SMILES string of the molecule is CC(O)c1cccc(OCC(=O)N(C)c2ccccc2)c1. The van der Waals surface area contributed by atoms with Gasteiger partial charge in [0, 0.05) is 12.7 Å². The van der Waals surface area contributed by atoms with Crippen LogP contribution in [-0.4, -0.2) is 24.7 Å². The van der Waals surface area contributed by atoms with Crippen molar-refractivity contribution in [2.24, 2.45) is 0 Å². The van der Waals surface area contributed by atoms with Crippen LogP contribution >= 0.6 is 0 Å². The van der Waals surface area contributed by atoms with Crippen LogP contribution in [0, 0.1) is 0 Å². The van der Waals surface area contributed by atoms with Gasteiger partial charge in [-0.05, 0) is 36.8 Å². The molecule has 0 saturated heterocycles. The summed E-state index contributed by atoms with van der Waals surface area (Å²) in [6.45, 7) is 1.64.